The van der Waals surface area contributed by atoms with E-state index in [2.05, 4.69) is 36.4 Å². The molecule has 3 aromatic rings. The van der Waals surface area contributed by atoms with Gasteiger partial charge in [0.15, 0.2) is 0 Å². The minimum Gasteiger partial charge on any atom is -0.400 e. The summed E-state index contributed by atoms with van der Waals surface area (Å²) in [7, 11) is 1.83. The lowest BCUT2D eigenvalue weighted by atomic mass is 10.1. The Hall–Kier alpha value is -1.72. The van der Waals surface area contributed by atoms with Crippen LogP contribution in [-0.4, -0.2) is 82.3 Å². The van der Waals surface area contributed by atoms with Gasteiger partial charge in [0.2, 0.25) is 0 Å². The molecule has 0 aliphatic carbocycles. The molecule has 0 amide bonds. The zero-order valence-corrected chi connectivity index (χ0v) is 32.9. The van der Waals surface area contributed by atoms with Crippen molar-refractivity contribution in [3.05, 3.63) is 101 Å². The van der Waals surface area contributed by atoms with Gasteiger partial charge in [-0.25, -0.2) is 0 Å². The Bertz CT molecular complexity index is 1110. The largest absolute Gasteiger partial charge is 0.538 e. The summed E-state index contributed by atoms with van der Waals surface area (Å²) < 4.78 is 43.9. The lowest BCUT2D eigenvalue weighted by Gasteiger charge is -2.29. The second-order valence-electron chi connectivity index (χ2n) is 9.89. The summed E-state index contributed by atoms with van der Waals surface area (Å²) in [5.74, 6) is 0. The average molecular weight is 712 g/mol. The topological polar surface area (TPSA) is 73.8 Å². The first-order valence-electron chi connectivity index (χ1n) is 15.8. The van der Waals surface area contributed by atoms with Crippen molar-refractivity contribution in [1.82, 2.24) is 0 Å². The van der Waals surface area contributed by atoms with E-state index in [9.17, 15) is 0 Å². The average Bonchev–Trinajstić information content (AvgIpc) is 3.10. The first-order chi connectivity index (χ1) is 22.3. The first-order valence-corrected chi connectivity index (χ1v) is 21.6. The zero-order chi connectivity index (χ0) is 34.1. The molecular weight excluding hydrogens is 656 g/mol. The summed E-state index contributed by atoms with van der Waals surface area (Å²) in [5, 5.41) is 1.47. The quantitative estimate of drug-likeness (QED) is 0.125. The maximum Gasteiger partial charge on any atom is 0.538 e. The Balaban J connectivity index is 0.000000347. The number of aryl methyl sites for hydroxylation is 2. The number of rotatable bonds is 19. The summed E-state index contributed by atoms with van der Waals surface area (Å²) in [5.41, 5.74) is 2.67. The Labute approximate surface area is 286 Å². The van der Waals surface area contributed by atoms with Crippen molar-refractivity contribution in [3.8, 4) is 0 Å². The van der Waals surface area contributed by atoms with E-state index >= 15 is 0 Å². The van der Waals surface area contributed by atoms with Gasteiger partial charge >= 0.3 is 26.9 Å². The molecule has 0 spiro atoms. The van der Waals surface area contributed by atoms with E-state index in [0.717, 1.165) is 36.5 Å². The predicted molar refractivity (Wildman–Crippen MR) is 194 cm³/mol. The molecule has 0 bridgehead atoms. The maximum atomic E-state index is 6.21. The van der Waals surface area contributed by atoms with Crippen LogP contribution in [0.3, 0.4) is 0 Å². The van der Waals surface area contributed by atoms with Gasteiger partial charge < -0.3 is 35.4 Å². The minimum absolute atomic E-state index is 0.539. The molecule has 3 aromatic carbocycles. The highest BCUT2D eigenvalue weighted by molar-refractivity contribution is 6.77. The Morgan fingerprint density at radius 2 is 1.02 bits per heavy atom. The number of hydrogen-bond donors (Lipinski definition) is 0. The van der Waals surface area contributed by atoms with Crippen molar-refractivity contribution in [2.45, 2.75) is 52.1 Å². The van der Waals surface area contributed by atoms with Crippen LogP contribution in [0.25, 0.3) is 0 Å². The van der Waals surface area contributed by atoms with Gasteiger partial charge in [-0.3, -0.25) is 0 Å². The Kier molecular flexibility index (Phi) is 23.3. The van der Waals surface area contributed by atoms with Gasteiger partial charge in [0, 0.05) is 71.6 Å². The molecule has 3 rings (SSSR count). The lowest BCUT2D eigenvalue weighted by molar-refractivity contribution is 0.0859. The minimum atomic E-state index is -2.85. The SMILES string of the molecule is CCO[Si](OCC)(OCC)c1ccccc1Cl.CO[SiH](CCCc1ccccc1)OC.CO[Si](CCc1ccccc1)(OC)OC. The second-order valence-corrected chi connectivity index (χ2v) is 18.3. The summed E-state index contributed by atoms with van der Waals surface area (Å²) in [6.07, 6.45) is 3.20. The van der Waals surface area contributed by atoms with E-state index in [-0.39, 0.29) is 0 Å². The fraction of sp³-hybridized carbons (Fsp3) is 0.471. The van der Waals surface area contributed by atoms with Gasteiger partial charge in [-0.15, -0.1) is 0 Å². The Morgan fingerprint density at radius 1 is 0.587 bits per heavy atom. The molecule has 258 valence electrons. The molecule has 0 radical (unpaired) electrons. The van der Waals surface area contributed by atoms with Gasteiger partial charge in [-0.2, -0.15) is 0 Å². The molecule has 12 heteroatoms. The van der Waals surface area contributed by atoms with Crippen LogP contribution in [0, 0.1) is 0 Å². The summed E-state index contributed by atoms with van der Waals surface area (Å²) in [4.78, 5) is 0. The molecule has 0 saturated carbocycles. The van der Waals surface area contributed by atoms with Crippen molar-refractivity contribution in [2.24, 2.45) is 0 Å². The van der Waals surface area contributed by atoms with Crippen LogP contribution in [0.15, 0.2) is 84.9 Å². The highest BCUT2D eigenvalue weighted by Gasteiger charge is 2.44. The lowest BCUT2D eigenvalue weighted by Crippen LogP contribution is -2.57. The van der Waals surface area contributed by atoms with Gasteiger partial charge in [0.05, 0.1) is 0 Å². The van der Waals surface area contributed by atoms with Crippen LogP contribution in [0.5, 0.6) is 0 Å². The normalized spacial score (nSPS) is 11.4. The van der Waals surface area contributed by atoms with Gasteiger partial charge in [0.25, 0.3) is 0 Å². The van der Waals surface area contributed by atoms with E-state index in [1.54, 1.807) is 35.5 Å². The fourth-order valence-corrected chi connectivity index (χ4v) is 10.5. The Morgan fingerprint density at radius 3 is 1.43 bits per heavy atom. The van der Waals surface area contributed by atoms with Crippen LogP contribution in [0.4, 0.5) is 0 Å². The van der Waals surface area contributed by atoms with Crippen molar-refractivity contribution in [2.75, 3.05) is 55.4 Å². The van der Waals surface area contributed by atoms with E-state index in [1.807, 2.05) is 69.3 Å². The smallest absolute Gasteiger partial charge is 0.400 e. The molecule has 0 atom stereocenters. The number of benzene rings is 3. The molecule has 46 heavy (non-hydrogen) atoms. The highest BCUT2D eigenvalue weighted by Crippen LogP contribution is 2.17. The number of halogens is 1. The van der Waals surface area contributed by atoms with Crippen molar-refractivity contribution >= 4 is 43.7 Å². The number of hydrogen-bond acceptors (Lipinski definition) is 8. The maximum absolute atomic E-state index is 6.21. The van der Waals surface area contributed by atoms with Crippen LogP contribution in [0.2, 0.25) is 17.1 Å². The van der Waals surface area contributed by atoms with Gasteiger partial charge in [-0.1, -0.05) is 90.5 Å². The molecular formula is C34H55ClO8Si3. The summed E-state index contributed by atoms with van der Waals surface area (Å²) in [6, 6.07) is 30.2. The standard InChI is InChI=1S/C12H19ClO3Si.C11H18O3Si.C11H18O2Si/c1-4-14-17(15-5-2,16-6-3)12-10-8-7-9-11(12)13;1-12-15(13-2,14-3)10-9-11-7-5-4-6-8-11;1-12-14(13-2)10-6-9-11-7-4-3-5-8-11/h7-10H,4-6H2,1-3H3;4-8H,9-10H2,1-3H3;3-5,7-8,14H,6,9-10H2,1-2H3. The highest BCUT2D eigenvalue weighted by atomic mass is 35.5. The van der Waals surface area contributed by atoms with E-state index < -0.39 is 26.9 Å². The summed E-state index contributed by atoms with van der Waals surface area (Å²) >= 11 is 6.21. The van der Waals surface area contributed by atoms with Gasteiger partial charge in [0.1, 0.15) is 0 Å². The van der Waals surface area contributed by atoms with E-state index in [4.69, 9.17) is 47.0 Å². The summed E-state index contributed by atoms with van der Waals surface area (Å²) in [6.45, 7) is 7.40. The third-order valence-electron chi connectivity index (χ3n) is 6.98. The molecule has 0 fully saturated rings. The van der Waals surface area contributed by atoms with Gasteiger partial charge in [-0.05, 0) is 63.3 Å². The second kappa shape index (κ2) is 25.3. The third kappa shape index (κ3) is 15.5. The molecule has 0 aliphatic heterocycles. The molecule has 0 N–H and O–H groups in total. The van der Waals surface area contributed by atoms with Crippen molar-refractivity contribution in [1.29, 1.82) is 0 Å². The molecule has 0 aliphatic rings. The van der Waals surface area contributed by atoms with E-state index in [0.29, 0.717) is 24.8 Å². The first kappa shape index (κ1) is 42.3. The molecule has 0 unspecified atom stereocenters. The van der Waals surface area contributed by atoms with Crippen molar-refractivity contribution < 1.29 is 35.4 Å². The fourth-order valence-electron chi connectivity index (χ4n) is 4.59. The van der Waals surface area contributed by atoms with Crippen LogP contribution < -0.4 is 5.19 Å². The van der Waals surface area contributed by atoms with Crippen LogP contribution in [-0.2, 0) is 48.2 Å². The predicted octanol–water partition coefficient (Wildman–Crippen LogP) is 6.84. The monoisotopic (exact) mass is 710 g/mol. The van der Waals surface area contributed by atoms with Crippen LogP contribution in [0.1, 0.15) is 38.3 Å². The van der Waals surface area contributed by atoms with Crippen molar-refractivity contribution in [3.63, 3.8) is 0 Å². The molecule has 0 aromatic heterocycles. The van der Waals surface area contributed by atoms with Crippen LogP contribution >= 0.6 is 11.6 Å². The molecule has 8 nitrogen and oxygen atoms in total. The molecule has 0 heterocycles. The zero-order valence-electron chi connectivity index (χ0n) is 29.0. The van der Waals surface area contributed by atoms with E-state index in [1.165, 1.54) is 11.1 Å². The molecule has 0 saturated heterocycles. The third-order valence-corrected chi connectivity index (χ3v) is 15.2.